The number of likely N-dealkylation sites (tertiary alicyclic amines) is 1. The average molecular weight is 610 g/mol. The van der Waals surface area contributed by atoms with Crippen LogP contribution in [0.4, 0.5) is 11.8 Å². The summed E-state index contributed by atoms with van der Waals surface area (Å²) in [5, 5.41) is 12.2. The van der Waals surface area contributed by atoms with E-state index >= 15 is 0 Å². The second-order valence-electron chi connectivity index (χ2n) is 12.3. The van der Waals surface area contributed by atoms with Crippen molar-refractivity contribution in [1.82, 2.24) is 34.7 Å². The van der Waals surface area contributed by atoms with Crippen molar-refractivity contribution in [3.8, 4) is 11.3 Å². The van der Waals surface area contributed by atoms with Gasteiger partial charge in [-0.3, -0.25) is 4.79 Å². The molecule has 4 aromatic rings. The molecule has 3 unspecified atom stereocenters. The van der Waals surface area contributed by atoms with Crippen LogP contribution in [-0.4, -0.2) is 118 Å². The lowest BCUT2D eigenvalue weighted by Crippen LogP contribution is -2.55. The fraction of sp³-hybridized carbons (Fsp3) is 0.424. The fourth-order valence-electron chi connectivity index (χ4n) is 6.63. The Morgan fingerprint density at radius 1 is 1.04 bits per heavy atom. The lowest BCUT2D eigenvalue weighted by molar-refractivity contribution is -0.127. The molecule has 0 aliphatic carbocycles. The second-order valence-corrected chi connectivity index (χ2v) is 12.3. The number of nitrogens with zero attached hydrogens (tertiary/aromatic N) is 8. The molecule has 12 heteroatoms. The molecule has 45 heavy (non-hydrogen) atoms. The second kappa shape index (κ2) is 12.5. The molecule has 0 spiro atoms. The van der Waals surface area contributed by atoms with Crippen LogP contribution in [-0.2, 0) is 9.53 Å². The molecule has 3 saturated heterocycles. The number of fused-ring (bicyclic) bond motifs is 3. The average Bonchev–Trinajstić information content (AvgIpc) is 3.62. The number of aromatic nitrogens is 5. The number of anilines is 2. The van der Waals surface area contributed by atoms with E-state index in [-0.39, 0.29) is 18.0 Å². The third-order valence-electron chi connectivity index (χ3n) is 8.98. The van der Waals surface area contributed by atoms with Gasteiger partial charge in [-0.05, 0) is 44.1 Å². The number of likely N-dealkylation sites (N-methyl/N-ethyl adjacent to an activating group) is 1. The zero-order chi connectivity index (χ0) is 30.9. The molecule has 2 bridgehead atoms. The van der Waals surface area contributed by atoms with E-state index in [0.717, 1.165) is 66.1 Å². The number of benzene rings is 1. The monoisotopic (exact) mass is 609 g/mol. The van der Waals surface area contributed by atoms with Gasteiger partial charge in [-0.2, -0.15) is 0 Å². The first-order valence-electron chi connectivity index (χ1n) is 15.6. The first-order valence-corrected chi connectivity index (χ1v) is 15.6. The highest BCUT2D eigenvalue weighted by molar-refractivity contribution is 5.92. The number of morpholine rings is 1. The molecule has 3 aliphatic rings. The minimum Gasteiger partial charge on any atom is -0.384 e. The van der Waals surface area contributed by atoms with Gasteiger partial charge in [-0.25, -0.2) is 19.9 Å². The van der Waals surface area contributed by atoms with Crippen molar-refractivity contribution in [2.45, 2.75) is 31.0 Å². The number of H-pyrrole nitrogens is 1. The topological polar surface area (TPSA) is 127 Å². The van der Waals surface area contributed by atoms with E-state index < -0.39 is 6.10 Å². The van der Waals surface area contributed by atoms with E-state index in [1.165, 1.54) is 0 Å². The summed E-state index contributed by atoms with van der Waals surface area (Å²) in [4.78, 5) is 43.0. The summed E-state index contributed by atoms with van der Waals surface area (Å²) in [5.74, 6) is 1.63. The van der Waals surface area contributed by atoms with Crippen LogP contribution in [0.25, 0.3) is 22.3 Å². The quantitative estimate of drug-likeness (QED) is 0.288. The van der Waals surface area contributed by atoms with E-state index in [1.54, 1.807) is 24.8 Å². The van der Waals surface area contributed by atoms with Gasteiger partial charge < -0.3 is 34.4 Å². The van der Waals surface area contributed by atoms with Crippen LogP contribution in [0.3, 0.4) is 0 Å². The SMILES string of the molecule is CN(C)C/C=C/C(=O)N1CC2CCC(C1)N2c1ncc(C(O)c2ccc(-c3cc4c(N5CCOCC5)ncnc4[nH]3)cc2)cn1. The smallest absolute Gasteiger partial charge is 0.246 e. The molecular formula is C33H39N9O3. The third-order valence-corrected chi connectivity index (χ3v) is 8.98. The van der Waals surface area contributed by atoms with Crippen molar-refractivity contribution in [3.05, 3.63) is 72.3 Å². The normalized spacial score (nSPS) is 20.9. The Hall–Kier alpha value is -4.39. The number of ether oxygens (including phenoxy) is 1. The maximum atomic E-state index is 12.7. The fourth-order valence-corrected chi connectivity index (χ4v) is 6.63. The van der Waals surface area contributed by atoms with E-state index in [2.05, 4.69) is 40.8 Å². The van der Waals surface area contributed by atoms with E-state index in [1.807, 2.05) is 54.2 Å². The summed E-state index contributed by atoms with van der Waals surface area (Å²) in [6, 6.07) is 10.3. The van der Waals surface area contributed by atoms with Crippen LogP contribution < -0.4 is 9.80 Å². The molecule has 3 atom stereocenters. The summed E-state index contributed by atoms with van der Waals surface area (Å²) in [7, 11) is 3.97. The minimum atomic E-state index is -0.852. The molecule has 2 N–H and O–H groups in total. The highest BCUT2D eigenvalue weighted by Crippen LogP contribution is 2.34. The molecule has 7 rings (SSSR count). The predicted octanol–water partition coefficient (Wildman–Crippen LogP) is 2.63. The highest BCUT2D eigenvalue weighted by Gasteiger charge is 2.42. The number of aliphatic hydroxyl groups is 1. The zero-order valence-corrected chi connectivity index (χ0v) is 25.7. The van der Waals surface area contributed by atoms with Gasteiger partial charge in [0.25, 0.3) is 0 Å². The van der Waals surface area contributed by atoms with Gasteiger partial charge >= 0.3 is 0 Å². The largest absolute Gasteiger partial charge is 0.384 e. The number of nitrogens with one attached hydrogen (secondary N) is 1. The Morgan fingerprint density at radius 3 is 2.44 bits per heavy atom. The van der Waals surface area contributed by atoms with Crippen LogP contribution in [0.2, 0.25) is 0 Å². The number of carbonyl (C=O) groups excluding carboxylic acids is 1. The van der Waals surface area contributed by atoms with Gasteiger partial charge in [0.15, 0.2) is 0 Å². The van der Waals surface area contributed by atoms with Crippen LogP contribution in [0.15, 0.2) is 61.2 Å². The summed E-state index contributed by atoms with van der Waals surface area (Å²) in [5.41, 5.74) is 4.12. The number of rotatable bonds is 8. The molecule has 12 nitrogen and oxygen atoms in total. The summed E-state index contributed by atoms with van der Waals surface area (Å²) >= 11 is 0. The molecule has 1 aromatic carbocycles. The van der Waals surface area contributed by atoms with Crippen molar-refractivity contribution < 1.29 is 14.6 Å². The number of piperazine rings is 1. The van der Waals surface area contributed by atoms with Crippen molar-refractivity contribution >= 4 is 28.7 Å². The minimum absolute atomic E-state index is 0.0646. The van der Waals surface area contributed by atoms with Gasteiger partial charge in [0.05, 0.1) is 18.6 Å². The molecule has 6 heterocycles. The van der Waals surface area contributed by atoms with Crippen molar-refractivity contribution in [2.24, 2.45) is 0 Å². The summed E-state index contributed by atoms with van der Waals surface area (Å²) in [6.45, 7) is 5.06. The van der Waals surface area contributed by atoms with E-state index in [0.29, 0.717) is 37.8 Å². The molecule has 1 amide bonds. The van der Waals surface area contributed by atoms with Gasteiger partial charge in [0.2, 0.25) is 11.9 Å². The summed E-state index contributed by atoms with van der Waals surface area (Å²) in [6.07, 6.45) is 9.78. The van der Waals surface area contributed by atoms with E-state index in [9.17, 15) is 9.90 Å². The number of amides is 1. The number of carbonyl (C=O) groups is 1. The van der Waals surface area contributed by atoms with Gasteiger partial charge in [0, 0.05) is 74.5 Å². The third kappa shape index (κ3) is 6.00. The molecule has 0 saturated carbocycles. The molecule has 0 radical (unpaired) electrons. The number of aliphatic hydroxyl groups excluding tert-OH is 1. The molecule has 234 valence electrons. The first-order chi connectivity index (χ1) is 21.9. The lowest BCUT2D eigenvalue weighted by atomic mass is 10.0. The molecule has 3 aliphatic heterocycles. The zero-order valence-electron chi connectivity index (χ0n) is 25.7. The predicted molar refractivity (Wildman–Crippen MR) is 172 cm³/mol. The first kappa shape index (κ1) is 29.3. The Bertz CT molecular complexity index is 1650. The number of hydrogen-bond donors (Lipinski definition) is 2. The Morgan fingerprint density at radius 2 is 1.76 bits per heavy atom. The van der Waals surface area contributed by atoms with Crippen molar-refractivity contribution in [1.29, 1.82) is 0 Å². The molecule has 3 fully saturated rings. The van der Waals surface area contributed by atoms with Crippen molar-refractivity contribution in [3.63, 3.8) is 0 Å². The Kier molecular flexibility index (Phi) is 8.18. The van der Waals surface area contributed by atoms with Gasteiger partial charge in [0.1, 0.15) is 23.9 Å². The maximum absolute atomic E-state index is 12.7. The maximum Gasteiger partial charge on any atom is 0.246 e. The number of hydrogen-bond acceptors (Lipinski definition) is 10. The van der Waals surface area contributed by atoms with Crippen LogP contribution >= 0.6 is 0 Å². The van der Waals surface area contributed by atoms with Gasteiger partial charge in [-0.1, -0.05) is 30.3 Å². The van der Waals surface area contributed by atoms with Crippen LogP contribution in [0.5, 0.6) is 0 Å². The van der Waals surface area contributed by atoms with Crippen LogP contribution in [0, 0.1) is 0 Å². The molecular weight excluding hydrogens is 570 g/mol. The van der Waals surface area contributed by atoms with Crippen LogP contribution in [0.1, 0.15) is 30.1 Å². The van der Waals surface area contributed by atoms with Gasteiger partial charge in [-0.15, -0.1) is 0 Å². The standard InChI is InChI=1S/C33H39N9O3/c1-39(2)11-3-4-29(43)41-19-25-9-10-26(20-41)42(25)33-34-17-24(18-35-33)30(44)23-7-5-22(6-8-23)28-16-27-31(38-28)36-21-37-32(27)40-12-14-45-15-13-40/h3-8,16-18,21,25-26,30,44H,9-15,19-20H2,1-2H3,(H,36,37,38)/b4-3+. The Balaban J connectivity index is 1.02. The molecule has 3 aromatic heterocycles. The lowest BCUT2D eigenvalue weighted by Gasteiger charge is -2.40. The highest BCUT2D eigenvalue weighted by atomic mass is 16.5. The Labute approximate surface area is 262 Å². The summed E-state index contributed by atoms with van der Waals surface area (Å²) < 4.78 is 5.50. The van der Waals surface area contributed by atoms with Crippen molar-refractivity contribution in [2.75, 3.05) is 69.8 Å². The number of aromatic amines is 1. The van der Waals surface area contributed by atoms with E-state index in [4.69, 9.17) is 4.74 Å².